The number of hydrogen-bond acceptors (Lipinski definition) is 6. The molecule has 2 heterocycles. The van der Waals surface area contributed by atoms with Crippen LogP contribution in [0.4, 0.5) is 17.6 Å². The number of aliphatic hydroxyl groups is 1. The van der Waals surface area contributed by atoms with Crippen LogP contribution < -0.4 is 0 Å². The van der Waals surface area contributed by atoms with Crippen molar-refractivity contribution in [2.24, 2.45) is 5.41 Å². The highest BCUT2D eigenvalue weighted by atomic mass is 32.1. The van der Waals surface area contributed by atoms with Crippen molar-refractivity contribution >= 4 is 11.3 Å². The third-order valence-corrected chi connectivity index (χ3v) is 7.28. The lowest BCUT2D eigenvalue weighted by Crippen LogP contribution is -2.76. The fourth-order valence-corrected chi connectivity index (χ4v) is 5.78. The van der Waals surface area contributed by atoms with E-state index in [1.807, 2.05) is 0 Å². The predicted molar refractivity (Wildman–Crippen MR) is 93.1 cm³/mol. The molecule has 0 amide bonds. The Labute approximate surface area is 166 Å². The molecule has 0 saturated heterocycles. The number of halogens is 4. The van der Waals surface area contributed by atoms with Crippen molar-refractivity contribution in [2.75, 3.05) is 0 Å². The standard InChI is InChI=1S/C18H15F4N5OS/c19-11-1-2-12(13(20)5-11)17(28,9-27-10-24-25-26-27)18(21,22)16-6-15(7-16,8-16)14-23-3-4-29-14/h1-5,10,28H,6-9H2. The summed E-state index contributed by atoms with van der Waals surface area (Å²) >= 11 is 1.41. The van der Waals surface area contributed by atoms with Crippen molar-refractivity contribution in [3.8, 4) is 0 Å². The van der Waals surface area contributed by atoms with Gasteiger partial charge < -0.3 is 5.11 Å². The molecule has 2 bridgehead atoms. The zero-order chi connectivity index (χ0) is 20.5. The monoisotopic (exact) mass is 425 g/mol. The molecule has 3 aromatic rings. The third-order valence-electron chi connectivity index (χ3n) is 6.26. The van der Waals surface area contributed by atoms with Crippen LogP contribution in [0, 0.1) is 17.0 Å². The van der Waals surface area contributed by atoms with Crippen molar-refractivity contribution < 1.29 is 22.7 Å². The normalized spacial score (nSPS) is 27.8. The predicted octanol–water partition coefficient (Wildman–Crippen LogP) is 3.05. The molecule has 2 aromatic heterocycles. The number of tetrazole rings is 1. The van der Waals surface area contributed by atoms with E-state index in [4.69, 9.17) is 0 Å². The average molecular weight is 425 g/mol. The van der Waals surface area contributed by atoms with Gasteiger partial charge >= 0.3 is 0 Å². The van der Waals surface area contributed by atoms with Crippen LogP contribution in [0.5, 0.6) is 0 Å². The van der Waals surface area contributed by atoms with Crippen LogP contribution in [0.3, 0.4) is 0 Å². The number of thiazole rings is 1. The maximum Gasteiger partial charge on any atom is 0.287 e. The molecule has 29 heavy (non-hydrogen) atoms. The molecular formula is C18H15F4N5OS. The fraction of sp³-hybridized carbons (Fsp3) is 0.444. The van der Waals surface area contributed by atoms with E-state index in [-0.39, 0.29) is 19.3 Å². The van der Waals surface area contributed by atoms with Crippen LogP contribution in [-0.4, -0.2) is 36.2 Å². The van der Waals surface area contributed by atoms with Gasteiger partial charge in [-0.15, -0.1) is 16.4 Å². The highest BCUT2D eigenvalue weighted by molar-refractivity contribution is 7.09. The maximum absolute atomic E-state index is 15.9. The van der Waals surface area contributed by atoms with Gasteiger partial charge in [-0.1, -0.05) is 0 Å². The second-order valence-electron chi connectivity index (χ2n) is 7.99. The second kappa shape index (κ2) is 5.82. The first kappa shape index (κ1) is 18.6. The summed E-state index contributed by atoms with van der Waals surface area (Å²) in [5, 5.41) is 24.2. The molecular weight excluding hydrogens is 410 g/mol. The molecule has 6 rings (SSSR count). The van der Waals surface area contributed by atoms with Gasteiger partial charge in [0, 0.05) is 34.0 Å². The van der Waals surface area contributed by atoms with Crippen LogP contribution in [-0.2, 0) is 17.6 Å². The first-order valence-corrected chi connectivity index (χ1v) is 9.76. The lowest BCUT2D eigenvalue weighted by Gasteiger charge is -2.73. The first-order chi connectivity index (χ1) is 13.7. The summed E-state index contributed by atoms with van der Waals surface area (Å²) in [7, 11) is 0. The molecule has 152 valence electrons. The quantitative estimate of drug-likeness (QED) is 0.615. The number of nitrogens with zero attached hydrogens (tertiary/aromatic N) is 5. The molecule has 3 fully saturated rings. The van der Waals surface area contributed by atoms with Gasteiger partial charge in [-0.3, -0.25) is 0 Å². The molecule has 1 aromatic carbocycles. The fourth-order valence-electron chi connectivity index (χ4n) is 4.94. The summed E-state index contributed by atoms with van der Waals surface area (Å²) in [6, 6.07) is 2.18. The molecule has 3 aliphatic carbocycles. The smallest absolute Gasteiger partial charge is 0.287 e. The van der Waals surface area contributed by atoms with E-state index in [0.717, 1.165) is 28.1 Å². The SMILES string of the molecule is OC(Cn1cnnn1)(c1ccc(F)cc1F)C(F)(F)C12CC(c3nccs3)(C1)C2. The van der Waals surface area contributed by atoms with Crippen LogP contribution in [0.25, 0.3) is 0 Å². The van der Waals surface area contributed by atoms with Gasteiger partial charge in [0.15, 0.2) is 5.60 Å². The van der Waals surface area contributed by atoms with E-state index >= 15 is 8.78 Å². The van der Waals surface area contributed by atoms with E-state index in [9.17, 15) is 13.9 Å². The van der Waals surface area contributed by atoms with Gasteiger partial charge in [0.1, 0.15) is 18.0 Å². The molecule has 0 aliphatic heterocycles. The van der Waals surface area contributed by atoms with Gasteiger partial charge in [0.05, 0.1) is 11.6 Å². The largest absolute Gasteiger partial charge is 0.377 e. The van der Waals surface area contributed by atoms with E-state index < -0.39 is 46.1 Å². The number of alkyl halides is 2. The summed E-state index contributed by atoms with van der Waals surface area (Å²) in [5.41, 5.74) is -5.56. The summed E-state index contributed by atoms with van der Waals surface area (Å²) < 4.78 is 60.6. The van der Waals surface area contributed by atoms with E-state index in [1.54, 1.807) is 11.6 Å². The average Bonchev–Trinajstić information content (AvgIpc) is 3.25. The minimum Gasteiger partial charge on any atom is -0.377 e. The number of aromatic nitrogens is 5. The zero-order valence-corrected chi connectivity index (χ0v) is 15.7. The molecule has 11 heteroatoms. The molecule has 0 spiro atoms. The van der Waals surface area contributed by atoms with Crippen LogP contribution in [0.2, 0.25) is 0 Å². The summed E-state index contributed by atoms with van der Waals surface area (Å²) in [6.07, 6.45) is 3.11. The highest BCUT2D eigenvalue weighted by Crippen LogP contribution is 2.80. The number of benzene rings is 1. The van der Waals surface area contributed by atoms with Crippen molar-refractivity contribution in [1.82, 2.24) is 25.2 Å². The molecule has 1 unspecified atom stereocenters. The van der Waals surface area contributed by atoms with E-state index in [2.05, 4.69) is 20.5 Å². The van der Waals surface area contributed by atoms with Gasteiger partial charge in [0.2, 0.25) is 0 Å². The Morgan fingerprint density at radius 3 is 2.55 bits per heavy atom. The van der Waals surface area contributed by atoms with E-state index in [0.29, 0.717) is 6.07 Å². The van der Waals surface area contributed by atoms with Gasteiger partial charge in [-0.05, 0) is 41.8 Å². The first-order valence-electron chi connectivity index (χ1n) is 8.88. The van der Waals surface area contributed by atoms with E-state index in [1.165, 1.54) is 11.3 Å². The zero-order valence-electron chi connectivity index (χ0n) is 14.9. The minimum absolute atomic E-state index is 0.140. The maximum atomic E-state index is 15.9. The van der Waals surface area contributed by atoms with Crippen LogP contribution >= 0.6 is 11.3 Å². The van der Waals surface area contributed by atoms with Crippen molar-refractivity contribution in [1.29, 1.82) is 0 Å². The van der Waals surface area contributed by atoms with Crippen LogP contribution in [0.15, 0.2) is 36.1 Å². The molecule has 3 saturated carbocycles. The Morgan fingerprint density at radius 2 is 1.97 bits per heavy atom. The number of rotatable bonds is 6. The summed E-state index contributed by atoms with van der Waals surface area (Å²) in [6.45, 7) is -0.776. The van der Waals surface area contributed by atoms with Crippen LogP contribution in [0.1, 0.15) is 29.8 Å². The topological polar surface area (TPSA) is 76.7 Å². The van der Waals surface area contributed by atoms with Gasteiger partial charge in [0.25, 0.3) is 5.92 Å². The Hall–Kier alpha value is -2.40. The van der Waals surface area contributed by atoms with Crippen molar-refractivity contribution in [3.05, 3.63) is 58.3 Å². The Bertz CT molecular complexity index is 1040. The Balaban J connectivity index is 1.54. The van der Waals surface area contributed by atoms with Crippen molar-refractivity contribution in [3.63, 3.8) is 0 Å². The molecule has 3 aliphatic rings. The molecule has 1 atom stereocenters. The lowest BCUT2D eigenvalue weighted by molar-refractivity contribution is -0.347. The minimum atomic E-state index is -3.72. The highest BCUT2D eigenvalue weighted by Gasteiger charge is 2.82. The third kappa shape index (κ3) is 2.37. The Kier molecular flexibility index (Phi) is 3.74. The lowest BCUT2D eigenvalue weighted by atomic mass is 9.32. The summed E-state index contributed by atoms with van der Waals surface area (Å²) in [5.74, 6) is -5.89. The summed E-state index contributed by atoms with van der Waals surface area (Å²) in [4.78, 5) is 4.24. The molecule has 6 nitrogen and oxygen atoms in total. The van der Waals surface area contributed by atoms with Crippen molar-refractivity contribution in [2.45, 2.75) is 42.7 Å². The van der Waals surface area contributed by atoms with Gasteiger partial charge in [-0.2, -0.15) is 0 Å². The second-order valence-corrected chi connectivity index (χ2v) is 8.89. The molecule has 1 N–H and O–H groups in total. The Morgan fingerprint density at radius 1 is 1.21 bits per heavy atom. The van der Waals surface area contributed by atoms with Gasteiger partial charge in [-0.25, -0.2) is 27.2 Å². The number of hydrogen-bond donors (Lipinski definition) is 1. The molecule has 0 radical (unpaired) electrons.